The fourth-order valence-corrected chi connectivity index (χ4v) is 3.59. The van der Waals surface area contributed by atoms with Crippen LogP contribution in [0, 0.1) is 12.3 Å². The Balaban J connectivity index is 1.95. The average Bonchev–Trinajstić information content (AvgIpc) is 3.01. The maximum absolute atomic E-state index is 10.0. The van der Waals surface area contributed by atoms with E-state index in [4.69, 9.17) is 4.74 Å². The third-order valence-corrected chi connectivity index (χ3v) is 4.90. The standard InChI is InChI=1S/C18H25N3O2/c1-6-18(5)10-13(9-15(18)23-17(3,4)22)21-8-7-14-12(2)19-11-20-16(14)21/h6-8,11,13,15,22H,1,9-10H2,2-5H3/t13?,15-,18-/m0/s1. The van der Waals surface area contributed by atoms with Crippen molar-refractivity contribution in [3.05, 3.63) is 36.9 Å². The highest BCUT2D eigenvalue weighted by molar-refractivity contribution is 5.78. The predicted octanol–water partition coefficient (Wildman–Crippen LogP) is 3.38. The maximum Gasteiger partial charge on any atom is 0.160 e. The molecule has 2 heterocycles. The smallest absolute Gasteiger partial charge is 0.160 e. The molecule has 0 amide bonds. The average molecular weight is 315 g/mol. The van der Waals surface area contributed by atoms with Crippen LogP contribution in [-0.2, 0) is 4.74 Å². The number of aromatic nitrogens is 3. The van der Waals surface area contributed by atoms with Gasteiger partial charge in [-0.1, -0.05) is 13.0 Å². The van der Waals surface area contributed by atoms with Gasteiger partial charge in [0.1, 0.15) is 12.0 Å². The van der Waals surface area contributed by atoms with E-state index in [1.165, 1.54) is 0 Å². The molecule has 124 valence electrons. The van der Waals surface area contributed by atoms with Crippen LogP contribution in [0.5, 0.6) is 0 Å². The Kier molecular flexibility index (Phi) is 3.81. The Morgan fingerprint density at radius 1 is 1.48 bits per heavy atom. The predicted molar refractivity (Wildman–Crippen MR) is 90.0 cm³/mol. The van der Waals surface area contributed by atoms with E-state index in [0.717, 1.165) is 29.6 Å². The molecule has 0 bridgehead atoms. The van der Waals surface area contributed by atoms with Crippen molar-refractivity contribution in [3.63, 3.8) is 0 Å². The lowest BCUT2D eigenvalue weighted by atomic mass is 9.86. The second-order valence-corrected chi connectivity index (χ2v) is 7.28. The summed E-state index contributed by atoms with van der Waals surface area (Å²) in [5.74, 6) is -1.15. The lowest BCUT2D eigenvalue weighted by Gasteiger charge is -2.32. The maximum atomic E-state index is 10.0. The number of hydrogen-bond donors (Lipinski definition) is 1. The van der Waals surface area contributed by atoms with Crippen molar-refractivity contribution in [2.75, 3.05) is 0 Å². The van der Waals surface area contributed by atoms with Gasteiger partial charge in [-0.3, -0.25) is 0 Å². The van der Waals surface area contributed by atoms with Crippen LogP contribution in [0.2, 0.25) is 0 Å². The van der Waals surface area contributed by atoms with Crippen LogP contribution in [0.25, 0.3) is 11.0 Å². The summed E-state index contributed by atoms with van der Waals surface area (Å²) in [4.78, 5) is 8.71. The molecule has 1 fully saturated rings. The van der Waals surface area contributed by atoms with Gasteiger partial charge in [0.2, 0.25) is 0 Å². The normalized spacial score (nSPS) is 28.4. The molecule has 1 unspecified atom stereocenters. The summed E-state index contributed by atoms with van der Waals surface area (Å²) in [6.45, 7) is 11.5. The number of aliphatic hydroxyl groups is 1. The molecule has 3 rings (SSSR count). The molecule has 2 aromatic rings. The highest BCUT2D eigenvalue weighted by atomic mass is 16.6. The number of hydrogen-bond acceptors (Lipinski definition) is 4. The molecule has 1 N–H and O–H groups in total. The molecule has 0 aliphatic heterocycles. The quantitative estimate of drug-likeness (QED) is 0.694. The molecule has 0 saturated heterocycles. The third-order valence-electron chi connectivity index (χ3n) is 4.90. The van der Waals surface area contributed by atoms with Crippen molar-refractivity contribution in [1.82, 2.24) is 14.5 Å². The van der Waals surface area contributed by atoms with E-state index in [0.29, 0.717) is 0 Å². The number of aryl methyl sites for hydroxylation is 1. The van der Waals surface area contributed by atoms with Crippen molar-refractivity contribution >= 4 is 11.0 Å². The van der Waals surface area contributed by atoms with E-state index in [2.05, 4.69) is 40.3 Å². The first kappa shape index (κ1) is 16.1. The summed E-state index contributed by atoms with van der Waals surface area (Å²) in [7, 11) is 0. The monoisotopic (exact) mass is 315 g/mol. The zero-order chi connectivity index (χ0) is 16.8. The molecule has 5 heteroatoms. The van der Waals surface area contributed by atoms with E-state index in [1.54, 1.807) is 20.2 Å². The number of fused-ring (bicyclic) bond motifs is 1. The van der Waals surface area contributed by atoms with E-state index in [9.17, 15) is 5.11 Å². The Morgan fingerprint density at radius 2 is 2.22 bits per heavy atom. The van der Waals surface area contributed by atoms with Crippen molar-refractivity contribution < 1.29 is 9.84 Å². The van der Waals surface area contributed by atoms with Gasteiger partial charge in [-0.2, -0.15) is 0 Å². The molecule has 1 aliphatic carbocycles. The molecule has 1 saturated carbocycles. The van der Waals surface area contributed by atoms with Crippen LogP contribution in [0.1, 0.15) is 45.3 Å². The van der Waals surface area contributed by atoms with Crippen molar-refractivity contribution in [2.24, 2.45) is 5.41 Å². The van der Waals surface area contributed by atoms with Crippen molar-refractivity contribution in [1.29, 1.82) is 0 Å². The van der Waals surface area contributed by atoms with Gasteiger partial charge in [-0.05, 0) is 39.7 Å². The minimum Gasteiger partial charge on any atom is -0.366 e. The molecule has 5 nitrogen and oxygen atoms in total. The zero-order valence-corrected chi connectivity index (χ0v) is 14.3. The van der Waals surface area contributed by atoms with Crippen LogP contribution in [0.15, 0.2) is 31.2 Å². The summed E-state index contributed by atoms with van der Waals surface area (Å²) in [5.41, 5.74) is 1.77. The van der Waals surface area contributed by atoms with Gasteiger partial charge >= 0.3 is 0 Å². The van der Waals surface area contributed by atoms with Crippen molar-refractivity contribution in [2.45, 2.75) is 58.5 Å². The van der Waals surface area contributed by atoms with Crippen LogP contribution in [-0.4, -0.2) is 31.5 Å². The lowest BCUT2D eigenvalue weighted by Crippen LogP contribution is -2.36. The Bertz CT molecular complexity index is 731. The molecule has 2 aromatic heterocycles. The first-order valence-electron chi connectivity index (χ1n) is 8.05. The molecule has 0 radical (unpaired) electrons. The zero-order valence-electron chi connectivity index (χ0n) is 14.3. The highest BCUT2D eigenvalue weighted by Crippen LogP contribution is 2.48. The van der Waals surface area contributed by atoms with Crippen LogP contribution in [0.3, 0.4) is 0 Å². The fourth-order valence-electron chi connectivity index (χ4n) is 3.59. The fraction of sp³-hybridized carbons (Fsp3) is 0.556. The minimum atomic E-state index is -1.15. The summed E-state index contributed by atoms with van der Waals surface area (Å²) in [6, 6.07) is 2.33. The van der Waals surface area contributed by atoms with E-state index >= 15 is 0 Å². The largest absolute Gasteiger partial charge is 0.366 e. The van der Waals surface area contributed by atoms with E-state index < -0.39 is 5.79 Å². The third kappa shape index (κ3) is 2.91. The molecule has 1 aliphatic rings. The Labute approximate surface area is 137 Å². The number of ether oxygens (including phenoxy) is 1. The summed E-state index contributed by atoms with van der Waals surface area (Å²) in [5, 5.41) is 11.1. The first-order chi connectivity index (χ1) is 10.7. The topological polar surface area (TPSA) is 60.2 Å². The van der Waals surface area contributed by atoms with E-state index in [-0.39, 0.29) is 17.6 Å². The van der Waals surface area contributed by atoms with E-state index in [1.807, 2.05) is 13.0 Å². The first-order valence-corrected chi connectivity index (χ1v) is 8.05. The summed E-state index contributed by atoms with van der Waals surface area (Å²) in [6.07, 6.45) is 7.29. The van der Waals surface area contributed by atoms with Crippen LogP contribution >= 0.6 is 0 Å². The lowest BCUT2D eigenvalue weighted by molar-refractivity contribution is -0.218. The van der Waals surface area contributed by atoms with Gasteiger partial charge in [0, 0.05) is 23.0 Å². The molecular formula is C18H25N3O2. The summed E-state index contributed by atoms with van der Waals surface area (Å²) >= 11 is 0. The number of nitrogens with zero attached hydrogens (tertiary/aromatic N) is 3. The van der Waals surface area contributed by atoms with Gasteiger partial charge in [0.15, 0.2) is 5.79 Å². The molecule has 0 aromatic carbocycles. The minimum absolute atomic E-state index is 0.0783. The summed E-state index contributed by atoms with van der Waals surface area (Å²) < 4.78 is 8.12. The molecular weight excluding hydrogens is 290 g/mol. The second-order valence-electron chi connectivity index (χ2n) is 7.28. The van der Waals surface area contributed by atoms with Gasteiger partial charge in [0.05, 0.1) is 11.8 Å². The van der Waals surface area contributed by atoms with Gasteiger partial charge in [-0.15, -0.1) is 6.58 Å². The molecule has 3 atom stereocenters. The highest BCUT2D eigenvalue weighted by Gasteiger charge is 2.45. The van der Waals surface area contributed by atoms with Gasteiger partial charge in [-0.25, -0.2) is 9.97 Å². The van der Waals surface area contributed by atoms with Gasteiger partial charge < -0.3 is 14.4 Å². The van der Waals surface area contributed by atoms with Crippen molar-refractivity contribution in [3.8, 4) is 0 Å². The Morgan fingerprint density at radius 3 is 2.87 bits per heavy atom. The van der Waals surface area contributed by atoms with Crippen LogP contribution < -0.4 is 0 Å². The number of rotatable bonds is 4. The molecule has 0 spiro atoms. The van der Waals surface area contributed by atoms with Crippen LogP contribution in [0.4, 0.5) is 0 Å². The second kappa shape index (κ2) is 5.42. The van der Waals surface area contributed by atoms with Gasteiger partial charge in [0.25, 0.3) is 0 Å². The molecule has 23 heavy (non-hydrogen) atoms. The Hall–Kier alpha value is -1.72. The SMILES string of the molecule is C=C[C@@]1(C)CC(n2ccc3c(C)ncnc32)C[C@@H]1OC(C)(C)O.